The van der Waals surface area contributed by atoms with Crippen molar-refractivity contribution in [1.82, 2.24) is 24.4 Å². The summed E-state index contributed by atoms with van der Waals surface area (Å²) in [6.45, 7) is 2.69. The maximum atomic E-state index is 12.6. The number of nitrogens with zero attached hydrogens (tertiary/aromatic N) is 5. The van der Waals surface area contributed by atoms with Crippen LogP contribution < -0.4 is 0 Å². The molecule has 1 aliphatic heterocycles. The number of carbonyl (C=O) groups is 1. The fourth-order valence-electron chi connectivity index (χ4n) is 4.90. The molecule has 0 N–H and O–H groups in total. The highest BCUT2D eigenvalue weighted by molar-refractivity contribution is 5.76. The van der Waals surface area contributed by atoms with E-state index in [1.54, 1.807) is 0 Å². The zero-order valence-electron chi connectivity index (χ0n) is 17.3. The summed E-state index contributed by atoms with van der Waals surface area (Å²) in [5, 5.41) is 4.52. The number of hydrogen-bond donors (Lipinski definition) is 0. The van der Waals surface area contributed by atoms with E-state index in [9.17, 15) is 4.79 Å². The van der Waals surface area contributed by atoms with Gasteiger partial charge in [0.15, 0.2) is 5.65 Å². The van der Waals surface area contributed by atoms with Crippen LogP contribution in [-0.2, 0) is 17.8 Å². The summed E-state index contributed by atoms with van der Waals surface area (Å²) in [6.07, 6.45) is 12.9. The molecule has 0 atom stereocenters. The molecule has 28 heavy (non-hydrogen) atoms. The Balaban J connectivity index is 1.39. The first-order chi connectivity index (χ1) is 13.6. The molecule has 0 aromatic carbocycles. The van der Waals surface area contributed by atoms with Gasteiger partial charge in [0.2, 0.25) is 5.91 Å². The Morgan fingerprint density at radius 1 is 1.14 bits per heavy atom. The molecular formula is C22H33N5O. The lowest BCUT2D eigenvalue weighted by molar-refractivity contribution is -0.133. The van der Waals surface area contributed by atoms with Crippen LogP contribution in [0.4, 0.5) is 0 Å². The molecule has 6 nitrogen and oxygen atoms in total. The molecule has 1 saturated carbocycles. The highest BCUT2D eigenvalue weighted by Crippen LogP contribution is 2.29. The minimum atomic E-state index is 0.386. The molecule has 0 unspecified atom stereocenters. The van der Waals surface area contributed by atoms with Gasteiger partial charge in [-0.3, -0.25) is 4.79 Å². The Bertz CT molecular complexity index is 800. The standard InChI is InChI=1S/C22H33N5O/c1-25(2)16-19-15-23-21-7-10-24-27(21)20(19)13-18-8-11-26(12-9-18)22(28)14-17-5-3-4-6-17/h7,10,15,17-18H,3-6,8-9,11-14,16H2,1-2H3. The Labute approximate surface area is 167 Å². The maximum absolute atomic E-state index is 12.6. The summed E-state index contributed by atoms with van der Waals surface area (Å²) >= 11 is 0. The van der Waals surface area contributed by atoms with Crippen molar-refractivity contribution >= 4 is 11.6 Å². The van der Waals surface area contributed by atoms with E-state index in [0.717, 1.165) is 51.0 Å². The summed E-state index contributed by atoms with van der Waals surface area (Å²) in [7, 11) is 4.18. The molecule has 2 fully saturated rings. The molecule has 1 amide bonds. The van der Waals surface area contributed by atoms with E-state index in [2.05, 4.69) is 34.0 Å². The predicted octanol–water partition coefficient (Wildman–Crippen LogP) is 3.15. The average Bonchev–Trinajstić information content (AvgIpc) is 3.35. The number of rotatable bonds is 6. The van der Waals surface area contributed by atoms with E-state index in [1.807, 2.05) is 23.0 Å². The van der Waals surface area contributed by atoms with Crippen molar-refractivity contribution in [2.75, 3.05) is 27.2 Å². The highest BCUT2D eigenvalue weighted by Gasteiger charge is 2.27. The van der Waals surface area contributed by atoms with Crippen LogP contribution in [-0.4, -0.2) is 57.5 Å². The highest BCUT2D eigenvalue weighted by atomic mass is 16.2. The van der Waals surface area contributed by atoms with Gasteiger partial charge in [0.05, 0.1) is 11.9 Å². The van der Waals surface area contributed by atoms with Crippen molar-refractivity contribution in [3.63, 3.8) is 0 Å². The lowest BCUT2D eigenvalue weighted by Gasteiger charge is -2.33. The minimum Gasteiger partial charge on any atom is -0.343 e. The Kier molecular flexibility index (Phi) is 5.95. The predicted molar refractivity (Wildman–Crippen MR) is 110 cm³/mol. The van der Waals surface area contributed by atoms with Gasteiger partial charge in [0.25, 0.3) is 0 Å². The zero-order valence-corrected chi connectivity index (χ0v) is 17.3. The smallest absolute Gasteiger partial charge is 0.222 e. The monoisotopic (exact) mass is 383 g/mol. The van der Waals surface area contributed by atoms with E-state index in [-0.39, 0.29) is 0 Å². The summed E-state index contributed by atoms with van der Waals surface area (Å²) in [4.78, 5) is 21.5. The first kappa shape index (κ1) is 19.4. The van der Waals surface area contributed by atoms with Crippen LogP contribution in [0, 0.1) is 11.8 Å². The fraction of sp³-hybridized carbons (Fsp3) is 0.682. The molecule has 0 bridgehead atoms. The van der Waals surface area contributed by atoms with Gasteiger partial charge in [-0.1, -0.05) is 12.8 Å². The van der Waals surface area contributed by atoms with Crippen LogP contribution in [0.2, 0.25) is 0 Å². The molecule has 3 heterocycles. The molecular weight excluding hydrogens is 350 g/mol. The van der Waals surface area contributed by atoms with E-state index in [4.69, 9.17) is 0 Å². The number of likely N-dealkylation sites (tertiary alicyclic amines) is 1. The van der Waals surface area contributed by atoms with Crippen LogP contribution in [0.5, 0.6) is 0 Å². The van der Waals surface area contributed by atoms with Gasteiger partial charge in [0.1, 0.15) is 0 Å². The van der Waals surface area contributed by atoms with Crippen molar-refractivity contribution in [2.45, 2.75) is 57.9 Å². The van der Waals surface area contributed by atoms with Crippen LogP contribution in [0.25, 0.3) is 5.65 Å². The van der Waals surface area contributed by atoms with Crippen molar-refractivity contribution in [2.24, 2.45) is 11.8 Å². The molecule has 0 radical (unpaired) electrons. The number of aromatic nitrogens is 3. The van der Waals surface area contributed by atoms with Crippen LogP contribution in [0.1, 0.15) is 56.2 Å². The topological polar surface area (TPSA) is 53.7 Å². The van der Waals surface area contributed by atoms with Gasteiger partial charge in [-0.25, -0.2) is 9.50 Å². The molecule has 4 rings (SSSR count). The quantitative estimate of drug-likeness (QED) is 0.769. The summed E-state index contributed by atoms with van der Waals surface area (Å²) in [6, 6.07) is 1.97. The van der Waals surface area contributed by atoms with Crippen molar-refractivity contribution < 1.29 is 4.79 Å². The molecule has 152 valence electrons. The molecule has 2 aromatic heterocycles. The third-order valence-corrected chi connectivity index (χ3v) is 6.48. The lowest BCUT2D eigenvalue weighted by atomic mass is 9.90. The summed E-state index contributed by atoms with van der Waals surface area (Å²) in [5.74, 6) is 1.63. The number of carbonyl (C=O) groups excluding carboxylic acids is 1. The van der Waals surface area contributed by atoms with Crippen molar-refractivity contribution in [3.05, 3.63) is 29.7 Å². The van der Waals surface area contributed by atoms with Gasteiger partial charge in [-0.2, -0.15) is 5.10 Å². The maximum Gasteiger partial charge on any atom is 0.222 e. The molecule has 2 aromatic rings. The molecule has 0 spiro atoms. The van der Waals surface area contributed by atoms with E-state index in [0.29, 0.717) is 17.7 Å². The van der Waals surface area contributed by atoms with Crippen LogP contribution in [0.3, 0.4) is 0 Å². The normalized spacial score (nSPS) is 19.2. The number of piperidine rings is 1. The van der Waals surface area contributed by atoms with Gasteiger partial charge in [-0.15, -0.1) is 0 Å². The second-order valence-corrected chi connectivity index (χ2v) is 8.95. The first-order valence-electron chi connectivity index (χ1n) is 10.8. The summed E-state index contributed by atoms with van der Waals surface area (Å²) in [5.41, 5.74) is 3.45. The van der Waals surface area contributed by atoms with Gasteiger partial charge < -0.3 is 9.80 Å². The van der Waals surface area contributed by atoms with Gasteiger partial charge in [-0.05, 0) is 58.0 Å². The van der Waals surface area contributed by atoms with E-state index < -0.39 is 0 Å². The zero-order chi connectivity index (χ0) is 19.5. The van der Waals surface area contributed by atoms with Crippen molar-refractivity contribution in [1.29, 1.82) is 0 Å². The molecule has 1 aliphatic carbocycles. The third kappa shape index (κ3) is 4.37. The van der Waals surface area contributed by atoms with Gasteiger partial charge >= 0.3 is 0 Å². The number of amides is 1. The molecule has 1 saturated heterocycles. The van der Waals surface area contributed by atoms with Gasteiger partial charge in [0, 0.05) is 43.9 Å². The fourth-order valence-corrected chi connectivity index (χ4v) is 4.90. The van der Waals surface area contributed by atoms with Crippen LogP contribution in [0.15, 0.2) is 18.5 Å². The largest absolute Gasteiger partial charge is 0.343 e. The Hall–Kier alpha value is -1.95. The van der Waals surface area contributed by atoms with Crippen molar-refractivity contribution in [3.8, 4) is 0 Å². The Morgan fingerprint density at radius 2 is 1.89 bits per heavy atom. The average molecular weight is 384 g/mol. The van der Waals surface area contributed by atoms with E-state index in [1.165, 1.54) is 36.9 Å². The number of fused-ring (bicyclic) bond motifs is 1. The first-order valence-corrected chi connectivity index (χ1v) is 10.8. The Morgan fingerprint density at radius 3 is 2.61 bits per heavy atom. The number of hydrogen-bond acceptors (Lipinski definition) is 4. The second kappa shape index (κ2) is 8.60. The lowest BCUT2D eigenvalue weighted by Crippen LogP contribution is -2.39. The second-order valence-electron chi connectivity index (χ2n) is 8.95. The minimum absolute atomic E-state index is 0.386. The third-order valence-electron chi connectivity index (χ3n) is 6.48. The summed E-state index contributed by atoms with van der Waals surface area (Å²) < 4.78 is 2.01. The SMILES string of the molecule is CN(C)Cc1cnc2ccnn2c1CC1CCN(C(=O)CC2CCCC2)CC1. The van der Waals surface area contributed by atoms with Crippen LogP contribution >= 0.6 is 0 Å². The van der Waals surface area contributed by atoms with E-state index >= 15 is 0 Å². The molecule has 2 aliphatic rings. The molecule has 6 heteroatoms.